The van der Waals surface area contributed by atoms with E-state index >= 15 is 0 Å². The number of ether oxygens (including phenoxy) is 2. The van der Waals surface area contributed by atoms with E-state index in [2.05, 4.69) is 5.32 Å². The van der Waals surface area contributed by atoms with E-state index in [1.165, 1.54) is 0 Å². The first kappa shape index (κ1) is 18.3. The Morgan fingerprint density at radius 2 is 1.92 bits per heavy atom. The zero-order valence-corrected chi connectivity index (χ0v) is 15.2. The van der Waals surface area contributed by atoms with Gasteiger partial charge in [-0.25, -0.2) is 0 Å². The number of fused-ring (bicyclic) bond motifs is 1. The van der Waals surface area contributed by atoms with E-state index in [1.54, 1.807) is 20.5 Å². The molecular weight excluding hydrogens is 330 g/mol. The van der Waals surface area contributed by atoms with Gasteiger partial charge >= 0.3 is 0 Å². The van der Waals surface area contributed by atoms with Crippen molar-refractivity contribution in [1.29, 1.82) is 0 Å². The molecule has 1 aromatic heterocycles. The second-order valence-corrected chi connectivity index (χ2v) is 6.16. The molecule has 0 spiro atoms. The standard InChI is InChI=1S/C21H25NO4/c1-24-19-10-4-7-15(21(19)25-2)8-5-12-22-14-18(23)17-9-3-6-16-11-13-26-20(16)17/h3-4,6-7,9-11,13,18,22-23H,5,8,12,14H2,1-2H3. The van der Waals surface area contributed by atoms with Gasteiger partial charge in [0.2, 0.25) is 0 Å². The van der Waals surface area contributed by atoms with Crippen LogP contribution in [0.4, 0.5) is 0 Å². The largest absolute Gasteiger partial charge is 0.493 e. The Balaban J connectivity index is 1.50. The highest BCUT2D eigenvalue weighted by Crippen LogP contribution is 2.31. The number of methoxy groups -OCH3 is 2. The lowest BCUT2D eigenvalue weighted by Gasteiger charge is -2.14. The van der Waals surface area contributed by atoms with Gasteiger partial charge in [-0.15, -0.1) is 0 Å². The minimum atomic E-state index is -0.601. The second kappa shape index (κ2) is 8.74. The van der Waals surface area contributed by atoms with Crippen molar-refractivity contribution in [2.45, 2.75) is 18.9 Å². The van der Waals surface area contributed by atoms with Gasteiger partial charge in [0.25, 0.3) is 0 Å². The molecule has 1 unspecified atom stereocenters. The van der Waals surface area contributed by atoms with E-state index in [4.69, 9.17) is 13.9 Å². The van der Waals surface area contributed by atoms with Crippen molar-refractivity contribution in [3.63, 3.8) is 0 Å². The molecule has 3 rings (SSSR count). The van der Waals surface area contributed by atoms with E-state index < -0.39 is 6.10 Å². The van der Waals surface area contributed by atoms with Crippen molar-refractivity contribution in [1.82, 2.24) is 5.32 Å². The lowest BCUT2D eigenvalue weighted by atomic mass is 10.1. The number of furan rings is 1. The molecule has 1 atom stereocenters. The van der Waals surface area contributed by atoms with Crippen molar-refractivity contribution in [2.24, 2.45) is 0 Å². The molecule has 0 aliphatic carbocycles. The SMILES string of the molecule is COc1cccc(CCCNCC(O)c2cccc3ccoc23)c1OC. The van der Waals surface area contributed by atoms with Gasteiger partial charge in [0.15, 0.2) is 11.5 Å². The second-order valence-electron chi connectivity index (χ2n) is 6.16. The number of benzene rings is 2. The van der Waals surface area contributed by atoms with Gasteiger partial charge in [-0.1, -0.05) is 30.3 Å². The van der Waals surface area contributed by atoms with Crippen LogP contribution in [0.3, 0.4) is 0 Å². The van der Waals surface area contributed by atoms with E-state index in [9.17, 15) is 5.11 Å². The molecule has 0 aliphatic rings. The van der Waals surface area contributed by atoms with Crippen molar-refractivity contribution >= 4 is 11.0 Å². The highest BCUT2D eigenvalue weighted by atomic mass is 16.5. The summed E-state index contributed by atoms with van der Waals surface area (Å²) < 4.78 is 16.3. The molecule has 0 saturated heterocycles. The molecule has 138 valence electrons. The Morgan fingerprint density at radius 3 is 2.73 bits per heavy atom. The van der Waals surface area contributed by atoms with Crippen LogP contribution in [-0.2, 0) is 6.42 Å². The van der Waals surface area contributed by atoms with Crippen LogP contribution in [0, 0.1) is 0 Å². The molecule has 0 saturated carbocycles. The molecule has 0 bridgehead atoms. The zero-order valence-electron chi connectivity index (χ0n) is 15.2. The Labute approximate surface area is 153 Å². The number of nitrogens with one attached hydrogen (secondary N) is 1. The van der Waals surface area contributed by atoms with Crippen LogP contribution in [0.25, 0.3) is 11.0 Å². The summed E-state index contributed by atoms with van der Waals surface area (Å²) in [4.78, 5) is 0. The topological polar surface area (TPSA) is 63.9 Å². The first-order chi connectivity index (χ1) is 12.7. The highest BCUT2D eigenvalue weighted by molar-refractivity contribution is 5.80. The average molecular weight is 355 g/mol. The molecule has 0 radical (unpaired) electrons. The molecule has 0 fully saturated rings. The van der Waals surface area contributed by atoms with Gasteiger partial charge in [-0.05, 0) is 37.1 Å². The summed E-state index contributed by atoms with van der Waals surface area (Å²) in [6.07, 6.45) is 2.85. The van der Waals surface area contributed by atoms with Crippen molar-refractivity contribution < 1.29 is 19.0 Å². The maximum absolute atomic E-state index is 10.4. The molecule has 26 heavy (non-hydrogen) atoms. The molecule has 1 heterocycles. The number of aliphatic hydroxyl groups excluding tert-OH is 1. The third-order valence-corrected chi connectivity index (χ3v) is 4.49. The fourth-order valence-electron chi connectivity index (χ4n) is 3.18. The smallest absolute Gasteiger partial charge is 0.163 e. The summed E-state index contributed by atoms with van der Waals surface area (Å²) in [5.41, 5.74) is 2.69. The van der Waals surface area contributed by atoms with Crippen molar-refractivity contribution in [3.8, 4) is 11.5 Å². The summed E-state index contributed by atoms with van der Waals surface area (Å²) in [6, 6.07) is 13.6. The lowest BCUT2D eigenvalue weighted by Crippen LogP contribution is -2.23. The first-order valence-electron chi connectivity index (χ1n) is 8.79. The quantitative estimate of drug-likeness (QED) is 0.573. The van der Waals surface area contributed by atoms with Crippen LogP contribution in [0.1, 0.15) is 23.7 Å². The fraction of sp³-hybridized carbons (Fsp3) is 0.333. The molecule has 5 heteroatoms. The predicted octanol–water partition coefficient (Wildman–Crippen LogP) is 3.71. The molecule has 0 aliphatic heterocycles. The van der Waals surface area contributed by atoms with Gasteiger partial charge in [0, 0.05) is 17.5 Å². The Kier molecular flexibility index (Phi) is 6.15. The van der Waals surface area contributed by atoms with E-state index in [-0.39, 0.29) is 0 Å². The maximum Gasteiger partial charge on any atom is 0.163 e. The predicted molar refractivity (Wildman–Crippen MR) is 102 cm³/mol. The molecule has 2 N–H and O–H groups in total. The highest BCUT2D eigenvalue weighted by Gasteiger charge is 2.13. The maximum atomic E-state index is 10.4. The van der Waals surface area contributed by atoms with E-state index in [1.807, 2.05) is 42.5 Å². The third-order valence-electron chi connectivity index (χ3n) is 4.49. The van der Waals surface area contributed by atoms with E-state index in [0.717, 1.165) is 53.0 Å². The number of hydrogen-bond acceptors (Lipinski definition) is 5. The van der Waals surface area contributed by atoms with Crippen molar-refractivity contribution in [2.75, 3.05) is 27.3 Å². The van der Waals surface area contributed by atoms with Crippen LogP contribution in [0.15, 0.2) is 53.1 Å². The number of para-hydroxylation sites is 2. The van der Waals surface area contributed by atoms with Crippen LogP contribution >= 0.6 is 0 Å². The monoisotopic (exact) mass is 355 g/mol. The molecule has 0 amide bonds. The third kappa shape index (κ3) is 4.00. The molecular formula is C21H25NO4. The number of aryl methyl sites for hydroxylation is 1. The summed E-state index contributed by atoms with van der Waals surface area (Å²) >= 11 is 0. The van der Waals surface area contributed by atoms with Crippen LogP contribution < -0.4 is 14.8 Å². The fourth-order valence-corrected chi connectivity index (χ4v) is 3.18. The summed E-state index contributed by atoms with van der Waals surface area (Å²) in [7, 11) is 3.30. The molecule has 5 nitrogen and oxygen atoms in total. The number of rotatable bonds is 9. The van der Waals surface area contributed by atoms with Crippen LogP contribution in [0.2, 0.25) is 0 Å². The van der Waals surface area contributed by atoms with Gasteiger partial charge < -0.3 is 24.3 Å². The van der Waals surface area contributed by atoms with Crippen molar-refractivity contribution in [3.05, 3.63) is 59.9 Å². The normalized spacial score (nSPS) is 12.3. The minimum absolute atomic E-state index is 0.481. The van der Waals surface area contributed by atoms with Crippen LogP contribution in [0.5, 0.6) is 11.5 Å². The lowest BCUT2D eigenvalue weighted by molar-refractivity contribution is 0.175. The zero-order chi connectivity index (χ0) is 18.4. The molecule has 3 aromatic rings. The van der Waals surface area contributed by atoms with E-state index in [0.29, 0.717) is 6.54 Å². The minimum Gasteiger partial charge on any atom is -0.493 e. The Bertz CT molecular complexity index is 843. The van der Waals surface area contributed by atoms with Gasteiger partial charge in [-0.3, -0.25) is 0 Å². The number of aliphatic hydroxyl groups is 1. The van der Waals surface area contributed by atoms with Gasteiger partial charge in [-0.2, -0.15) is 0 Å². The number of hydrogen-bond donors (Lipinski definition) is 2. The summed E-state index contributed by atoms with van der Waals surface area (Å²) in [5.74, 6) is 1.54. The van der Waals surface area contributed by atoms with Gasteiger partial charge in [0.05, 0.1) is 26.6 Å². The Hall–Kier alpha value is -2.50. The van der Waals surface area contributed by atoms with Gasteiger partial charge in [0.1, 0.15) is 5.58 Å². The molecule has 2 aromatic carbocycles. The summed E-state index contributed by atoms with van der Waals surface area (Å²) in [6.45, 7) is 1.28. The van der Waals surface area contributed by atoms with Crippen LogP contribution in [-0.4, -0.2) is 32.4 Å². The summed E-state index contributed by atoms with van der Waals surface area (Å²) in [5, 5.41) is 14.8. The Morgan fingerprint density at radius 1 is 1.08 bits per heavy atom. The first-order valence-corrected chi connectivity index (χ1v) is 8.79. The average Bonchev–Trinajstić information content (AvgIpc) is 3.15.